The molecule has 0 heterocycles. The van der Waals surface area contributed by atoms with Gasteiger partial charge in [-0.05, 0) is 12.5 Å². The third kappa shape index (κ3) is 7.74. The summed E-state index contributed by atoms with van der Waals surface area (Å²) in [7, 11) is -3.69. The fraction of sp³-hybridized carbons (Fsp3) is 0.833. The van der Waals surface area contributed by atoms with Crippen LogP contribution in [0.1, 0.15) is 6.92 Å². The second-order valence-electron chi connectivity index (χ2n) is 2.41. The van der Waals surface area contributed by atoms with Crippen LogP contribution in [-0.2, 0) is 19.6 Å². The highest BCUT2D eigenvalue weighted by molar-refractivity contribution is 7.90. The molecule has 0 amide bonds. The SMILES string of the molecule is CCOC(=O)CS(=O)(=O)NCCN=[N+]=[N-]. The van der Waals surface area contributed by atoms with Crippen molar-refractivity contribution in [2.45, 2.75) is 6.92 Å². The summed E-state index contributed by atoms with van der Waals surface area (Å²) in [4.78, 5) is 13.3. The first-order valence-corrected chi connectivity index (χ1v) is 5.81. The van der Waals surface area contributed by atoms with E-state index in [4.69, 9.17) is 5.53 Å². The average molecular weight is 236 g/mol. The lowest BCUT2D eigenvalue weighted by molar-refractivity contribution is -0.139. The van der Waals surface area contributed by atoms with Crippen molar-refractivity contribution in [3.05, 3.63) is 10.4 Å². The van der Waals surface area contributed by atoms with Gasteiger partial charge in [-0.25, -0.2) is 13.1 Å². The summed E-state index contributed by atoms with van der Waals surface area (Å²) in [6.45, 7) is 1.68. The number of hydrogen-bond donors (Lipinski definition) is 1. The second kappa shape index (κ2) is 7.04. The average Bonchev–Trinajstić information content (AvgIpc) is 2.12. The van der Waals surface area contributed by atoms with E-state index in [-0.39, 0.29) is 19.7 Å². The van der Waals surface area contributed by atoms with Gasteiger partial charge in [0.1, 0.15) is 0 Å². The van der Waals surface area contributed by atoms with Crippen LogP contribution >= 0.6 is 0 Å². The van der Waals surface area contributed by atoms with Crippen LogP contribution in [0.3, 0.4) is 0 Å². The predicted molar refractivity (Wildman–Crippen MR) is 52.4 cm³/mol. The minimum absolute atomic E-state index is 0.00143. The van der Waals surface area contributed by atoms with Crippen LogP contribution in [0.5, 0.6) is 0 Å². The Hall–Kier alpha value is -1.31. The molecule has 0 fully saturated rings. The van der Waals surface area contributed by atoms with Gasteiger partial charge in [0.2, 0.25) is 10.0 Å². The van der Waals surface area contributed by atoms with Crippen LogP contribution in [0, 0.1) is 0 Å². The van der Waals surface area contributed by atoms with Crippen molar-refractivity contribution < 1.29 is 17.9 Å². The number of carbonyl (C=O) groups is 1. The van der Waals surface area contributed by atoms with E-state index < -0.39 is 21.7 Å². The molecule has 8 nitrogen and oxygen atoms in total. The van der Waals surface area contributed by atoms with Crippen molar-refractivity contribution in [1.82, 2.24) is 4.72 Å². The standard InChI is InChI=1S/C6H12N4O4S/c1-2-14-6(11)5-15(12,13)9-4-3-8-10-7/h9H,2-5H2,1H3. The number of carbonyl (C=O) groups excluding carboxylic acids is 1. The molecule has 0 aromatic heterocycles. The normalized spacial score (nSPS) is 10.5. The van der Waals surface area contributed by atoms with E-state index in [0.29, 0.717) is 0 Å². The Morgan fingerprint density at radius 2 is 2.27 bits per heavy atom. The van der Waals surface area contributed by atoms with Crippen molar-refractivity contribution in [2.24, 2.45) is 5.11 Å². The largest absolute Gasteiger partial charge is 0.465 e. The molecular formula is C6H12N4O4S. The molecule has 0 saturated heterocycles. The smallest absolute Gasteiger partial charge is 0.322 e. The molecule has 9 heteroatoms. The minimum atomic E-state index is -3.69. The van der Waals surface area contributed by atoms with Gasteiger partial charge in [-0.2, -0.15) is 0 Å². The molecule has 0 spiro atoms. The van der Waals surface area contributed by atoms with Gasteiger partial charge >= 0.3 is 5.97 Å². The van der Waals surface area contributed by atoms with Crippen molar-refractivity contribution in [3.8, 4) is 0 Å². The summed E-state index contributed by atoms with van der Waals surface area (Å²) in [6, 6.07) is 0. The number of sulfonamides is 1. The Kier molecular flexibility index (Phi) is 6.43. The Labute approximate surface area is 87.3 Å². The van der Waals surface area contributed by atoms with E-state index in [1.54, 1.807) is 6.92 Å². The van der Waals surface area contributed by atoms with Gasteiger partial charge in [0.15, 0.2) is 5.75 Å². The fourth-order valence-electron chi connectivity index (χ4n) is 0.705. The van der Waals surface area contributed by atoms with Gasteiger partial charge in [-0.3, -0.25) is 4.79 Å². The van der Waals surface area contributed by atoms with Crippen LogP contribution in [0.2, 0.25) is 0 Å². The lowest BCUT2D eigenvalue weighted by Crippen LogP contribution is -2.32. The monoisotopic (exact) mass is 236 g/mol. The summed E-state index contributed by atoms with van der Waals surface area (Å²) < 4.78 is 28.8. The number of nitrogens with one attached hydrogen (secondary N) is 1. The van der Waals surface area contributed by atoms with Crippen molar-refractivity contribution in [3.63, 3.8) is 0 Å². The number of hydrogen-bond acceptors (Lipinski definition) is 5. The summed E-state index contributed by atoms with van der Waals surface area (Å²) >= 11 is 0. The summed E-state index contributed by atoms with van der Waals surface area (Å²) in [6.07, 6.45) is 0. The lowest BCUT2D eigenvalue weighted by Gasteiger charge is -2.04. The number of nitrogens with zero attached hydrogens (tertiary/aromatic N) is 3. The van der Waals surface area contributed by atoms with Gasteiger partial charge in [-0.15, -0.1) is 0 Å². The van der Waals surface area contributed by atoms with E-state index in [1.165, 1.54) is 0 Å². The van der Waals surface area contributed by atoms with Crippen molar-refractivity contribution >= 4 is 16.0 Å². The summed E-state index contributed by atoms with van der Waals surface area (Å²) in [5, 5.41) is 3.13. The topological polar surface area (TPSA) is 121 Å². The molecule has 0 aromatic carbocycles. The van der Waals surface area contributed by atoms with Crippen molar-refractivity contribution in [1.29, 1.82) is 0 Å². The molecule has 0 aromatic rings. The van der Waals surface area contributed by atoms with Crippen LogP contribution < -0.4 is 4.72 Å². The first-order valence-electron chi connectivity index (χ1n) is 4.15. The predicted octanol–water partition coefficient (Wildman–Crippen LogP) is -0.221. The molecule has 0 radical (unpaired) electrons. The molecule has 1 N–H and O–H groups in total. The highest BCUT2D eigenvalue weighted by Crippen LogP contribution is 1.87. The highest BCUT2D eigenvalue weighted by Gasteiger charge is 2.16. The maximum Gasteiger partial charge on any atom is 0.322 e. The lowest BCUT2D eigenvalue weighted by atomic mass is 10.7. The molecule has 0 atom stereocenters. The van der Waals surface area contributed by atoms with Gasteiger partial charge in [-0.1, -0.05) is 5.11 Å². The zero-order valence-corrected chi connectivity index (χ0v) is 9.03. The van der Waals surface area contributed by atoms with E-state index in [9.17, 15) is 13.2 Å². The van der Waals surface area contributed by atoms with Crippen LogP contribution in [0.4, 0.5) is 0 Å². The van der Waals surface area contributed by atoms with Gasteiger partial charge in [0, 0.05) is 18.0 Å². The highest BCUT2D eigenvalue weighted by atomic mass is 32.2. The number of esters is 1. The van der Waals surface area contributed by atoms with Crippen LogP contribution in [0.15, 0.2) is 5.11 Å². The van der Waals surface area contributed by atoms with E-state index in [2.05, 4.69) is 19.5 Å². The molecule has 0 aliphatic carbocycles. The van der Waals surface area contributed by atoms with E-state index >= 15 is 0 Å². The Balaban J connectivity index is 3.97. The second-order valence-corrected chi connectivity index (χ2v) is 4.22. The Morgan fingerprint density at radius 1 is 1.60 bits per heavy atom. The quantitative estimate of drug-likeness (QED) is 0.216. The Bertz CT molecular complexity index is 346. The molecule has 0 unspecified atom stereocenters. The molecule has 0 rings (SSSR count). The first-order chi connectivity index (χ1) is 7.02. The molecule has 0 aliphatic heterocycles. The zero-order chi connectivity index (χ0) is 11.7. The number of azide groups is 1. The molecule has 15 heavy (non-hydrogen) atoms. The van der Waals surface area contributed by atoms with E-state index in [0.717, 1.165) is 0 Å². The molecular weight excluding hydrogens is 224 g/mol. The minimum Gasteiger partial charge on any atom is -0.465 e. The van der Waals surface area contributed by atoms with Gasteiger partial charge < -0.3 is 4.74 Å². The molecule has 0 bridgehead atoms. The number of ether oxygens (including phenoxy) is 1. The van der Waals surface area contributed by atoms with Gasteiger partial charge in [0.25, 0.3) is 0 Å². The van der Waals surface area contributed by atoms with Crippen LogP contribution in [0.25, 0.3) is 10.4 Å². The third-order valence-corrected chi connectivity index (χ3v) is 2.47. The first kappa shape index (κ1) is 13.7. The fourth-order valence-corrected chi connectivity index (χ4v) is 1.60. The van der Waals surface area contributed by atoms with E-state index in [1.807, 2.05) is 0 Å². The van der Waals surface area contributed by atoms with Crippen molar-refractivity contribution in [2.75, 3.05) is 25.4 Å². The molecule has 86 valence electrons. The van der Waals surface area contributed by atoms with Crippen LogP contribution in [-0.4, -0.2) is 39.8 Å². The zero-order valence-electron chi connectivity index (χ0n) is 8.21. The maximum absolute atomic E-state index is 11.1. The maximum atomic E-state index is 11.1. The summed E-state index contributed by atoms with van der Waals surface area (Å²) in [5.74, 6) is -1.54. The summed E-state index contributed by atoms with van der Waals surface area (Å²) in [5.41, 5.74) is 7.92. The third-order valence-electron chi connectivity index (χ3n) is 1.21. The Morgan fingerprint density at radius 3 is 2.80 bits per heavy atom. The molecule has 0 saturated carbocycles. The number of rotatable bonds is 7. The molecule has 0 aliphatic rings. The van der Waals surface area contributed by atoms with Gasteiger partial charge in [0.05, 0.1) is 6.61 Å².